The summed E-state index contributed by atoms with van der Waals surface area (Å²) in [6.07, 6.45) is 3.58. The standard InChI is InChI=1S/C16H19FN2/c1-11-8-14(9-12(2)16(11)17)10-19-13(3)15-4-6-18-7-5-15/h4-9,13,19H,10H2,1-3H3. The van der Waals surface area contributed by atoms with Crippen LogP contribution in [0.5, 0.6) is 0 Å². The fourth-order valence-corrected chi connectivity index (χ4v) is 2.18. The first-order valence-corrected chi connectivity index (χ1v) is 6.47. The van der Waals surface area contributed by atoms with Gasteiger partial charge in [0.2, 0.25) is 0 Å². The molecular weight excluding hydrogens is 239 g/mol. The summed E-state index contributed by atoms with van der Waals surface area (Å²) < 4.78 is 13.5. The number of hydrogen-bond acceptors (Lipinski definition) is 2. The first-order valence-electron chi connectivity index (χ1n) is 6.47. The highest BCUT2D eigenvalue weighted by molar-refractivity contribution is 5.30. The van der Waals surface area contributed by atoms with Crippen LogP contribution in [0.25, 0.3) is 0 Å². The van der Waals surface area contributed by atoms with Crippen molar-refractivity contribution in [2.45, 2.75) is 33.4 Å². The number of hydrogen-bond donors (Lipinski definition) is 1. The van der Waals surface area contributed by atoms with Crippen LogP contribution in [-0.2, 0) is 6.54 Å². The highest BCUT2D eigenvalue weighted by Gasteiger charge is 2.07. The molecule has 1 heterocycles. The molecule has 0 radical (unpaired) electrons. The molecule has 3 heteroatoms. The van der Waals surface area contributed by atoms with E-state index < -0.39 is 0 Å². The molecule has 0 amide bonds. The fraction of sp³-hybridized carbons (Fsp3) is 0.312. The van der Waals surface area contributed by atoms with Gasteiger partial charge in [0, 0.05) is 25.0 Å². The molecule has 1 atom stereocenters. The maximum Gasteiger partial charge on any atom is 0.129 e. The Morgan fingerprint density at radius 3 is 2.32 bits per heavy atom. The lowest BCUT2D eigenvalue weighted by Gasteiger charge is -2.15. The van der Waals surface area contributed by atoms with Gasteiger partial charge in [-0.15, -0.1) is 0 Å². The van der Waals surface area contributed by atoms with E-state index in [1.807, 2.05) is 24.3 Å². The zero-order chi connectivity index (χ0) is 13.8. The molecule has 2 aromatic rings. The molecule has 0 aliphatic carbocycles. The van der Waals surface area contributed by atoms with Gasteiger partial charge in [-0.2, -0.15) is 0 Å². The predicted octanol–water partition coefficient (Wildman–Crippen LogP) is 3.69. The maximum atomic E-state index is 13.5. The zero-order valence-corrected chi connectivity index (χ0v) is 11.6. The van der Waals surface area contributed by atoms with Gasteiger partial charge in [-0.25, -0.2) is 4.39 Å². The average Bonchev–Trinajstić information content (AvgIpc) is 2.43. The van der Waals surface area contributed by atoms with Crippen LogP contribution >= 0.6 is 0 Å². The lowest BCUT2D eigenvalue weighted by Crippen LogP contribution is -2.18. The Morgan fingerprint density at radius 2 is 1.74 bits per heavy atom. The second-order valence-corrected chi connectivity index (χ2v) is 4.93. The Bertz CT molecular complexity index is 529. The van der Waals surface area contributed by atoms with E-state index in [1.54, 1.807) is 26.2 Å². The molecule has 100 valence electrons. The molecule has 0 saturated carbocycles. The summed E-state index contributed by atoms with van der Waals surface area (Å²) in [6, 6.07) is 8.04. The summed E-state index contributed by atoms with van der Waals surface area (Å²) in [5.41, 5.74) is 3.71. The molecule has 19 heavy (non-hydrogen) atoms. The van der Waals surface area contributed by atoms with Crippen LogP contribution < -0.4 is 5.32 Å². The van der Waals surface area contributed by atoms with Gasteiger partial charge in [-0.05, 0) is 55.2 Å². The van der Waals surface area contributed by atoms with E-state index in [0.29, 0.717) is 11.1 Å². The third kappa shape index (κ3) is 3.38. The maximum absolute atomic E-state index is 13.5. The number of benzene rings is 1. The van der Waals surface area contributed by atoms with Crippen molar-refractivity contribution in [3.63, 3.8) is 0 Å². The monoisotopic (exact) mass is 258 g/mol. The van der Waals surface area contributed by atoms with Crippen molar-refractivity contribution in [1.82, 2.24) is 10.3 Å². The lowest BCUT2D eigenvalue weighted by molar-refractivity contribution is 0.570. The van der Waals surface area contributed by atoms with Crippen LogP contribution in [0, 0.1) is 19.7 Å². The number of halogens is 1. The zero-order valence-electron chi connectivity index (χ0n) is 11.6. The van der Waals surface area contributed by atoms with Crippen LogP contribution in [0.1, 0.15) is 35.2 Å². The van der Waals surface area contributed by atoms with Crippen molar-refractivity contribution in [1.29, 1.82) is 0 Å². The number of nitrogens with zero attached hydrogens (tertiary/aromatic N) is 1. The summed E-state index contributed by atoms with van der Waals surface area (Å²) in [6.45, 7) is 6.44. The van der Waals surface area contributed by atoms with Gasteiger partial charge in [0.05, 0.1) is 0 Å². The molecule has 1 N–H and O–H groups in total. The van der Waals surface area contributed by atoms with E-state index >= 15 is 0 Å². The van der Waals surface area contributed by atoms with Crippen LogP contribution in [0.15, 0.2) is 36.7 Å². The minimum Gasteiger partial charge on any atom is -0.306 e. The van der Waals surface area contributed by atoms with Crippen molar-refractivity contribution < 1.29 is 4.39 Å². The molecule has 1 aromatic heterocycles. The van der Waals surface area contributed by atoms with Crippen molar-refractivity contribution in [3.05, 3.63) is 64.7 Å². The van der Waals surface area contributed by atoms with Gasteiger partial charge in [-0.1, -0.05) is 12.1 Å². The Morgan fingerprint density at radius 1 is 1.16 bits per heavy atom. The minimum atomic E-state index is -0.106. The molecule has 0 saturated heterocycles. The van der Waals surface area contributed by atoms with Gasteiger partial charge in [0.1, 0.15) is 5.82 Å². The highest BCUT2D eigenvalue weighted by Crippen LogP contribution is 2.16. The summed E-state index contributed by atoms with van der Waals surface area (Å²) in [7, 11) is 0. The molecular formula is C16H19FN2. The molecule has 2 nitrogen and oxygen atoms in total. The van der Waals surface area contributed by atoms with Crippen molar-refractivity contribution in [3.8, 4) is 0 Å². The summed E-state index contributed by atoms with van der Waals surface area (Å²) in [5.74, 6) is -0.106. The van der Waals surface area contributed by atoms with E-state index in [2.05, 4.69) is 17.2 Å². The normalized spacial score (nSPS) is 12.4. The van der Waals surface area contributed by atoms with Crippen LogP contribution in [0.2, 0.25) is 0 Å². The van der Waals surface area contributed by atoms with Crippen LogP contribution in [-0.4, -0.2) is 4.98 Å². The number of pyridine rings is 1. The number of aromatic nitrogens is 1. The molecule has 1 unspecified atom stereocenters. The van der Waals surface area contributed by atoms with E-state index in [-0.39, 0.29) is 11.9 Å². The van der Waals surface area contributed by atoms with Crippen LogP contribution in [0.3, 0.4) is 0 Å². The van der Waals surface area contributed by atoms with E-state index in [9.17, 15) is 4.39 Å². The molecule has 0 fully saturated rings. The Hall–Kier alpha value is -1.74. The van der Waals surface area contributed by atoms with E-state index in [1.165, 1.54) is 5.56 Å². The average molecular weight is 258 g/mol. The van der Waals surface area contributed by atoms with Gasteiger partial charge < -0.3 is 5.32 Å². The van der Waals surface area contributed by atoms with Gasteiger partial charge >= 0.3 is 0 Å². The molecule has 0 aliphatic heterocycles. The molecule has 2 rings (SSSR count). The second-order valence-electron chi connectivity index (χ2n) is 4.93. The largest absolute Gasteiger partial charge is 0.306 e. The quantitative estimate of drug-likeness (QED) is 0.904. The van der Waals surface area contributed by atoms with E-state index in [0.717, 1.165) is 12.1 Å². The number of aryl methyl sites for hydroxylation is 2. The molecule has 0 spiro atoms. The fourth-order valence-electron chi connectivity index (χ4n) is 2.18. The van der Waals surface area contributed by atoms with E-state index in [4.69, 9.17) is 0 Å². The molecule has 0 bridgehead atoms. The summed E-state index contributed by atoms with van der Waals surface area (Å²) >= 11 is 0. The summed E-state index contributed by atoms with van der Waals surface area (Å²) in [4.78, 5) is 4.01. The Labute approximate surface area is 113 Å². The lowest BCUT2D eigenvalue weighted by atomic mass is 10.1. The molecule has 1 aromatic carbocycles. The Balaban J connectivity index is 2.03. The van der Waals surface area contributed by atoms with Gasteiger partial charge in [0.25, 0.3) is 0 Å². The van der Waals surface area contributed by atoms with Crippen LogP contribution in [0.4, 0.5) is 4.39 Å². The molecule has 0 aliphatic rings. The van der Waals surface area contributed by atoms with Crippen molar-refractivity contribution in [2.75, 3.05) is 0 Å². The smallest absolute Gasteiger partial charge is 0.129 e. The third-order valence-corrected chi connectivity index (χ3v) is 3.31. The second kappa shape index (κ2) is 5.93. The van der Waals surface area contributed by atoms with Gasteiger partial charge in [-0.3, -0.25) is 4.98 Å². The minimum absolute atomic E-state index is 0.106. The topological polar surface area (TPSA) is 24.9 Å². The first kappa shape index (κ1) is 13.7. The van der Waals surface area contributed by atoms with Crippen molar-refractivity contribution >= 4 is 0 Å². The highest BCUT2D eigenvalue weighted by atomic mass is 19.1. The van der Waals surface area contributed by atoms with Crippen molar-refractivity contribution in [2.24, 2.45) is 0 Å². The van der Waals surface area contributed by atoms with Gasteiger partial charge in [0.15, 0.2) is 0 Å². The number of rotatable bonds is 4. The third-order valence-electron chi connectivity index (χ3n) is 3.31. The Kier molecular flexibility index (Phi) is 4.27. The first-order chi connectivity index (χ1) is 9.08. The summed E-state index contributed by atoms with van der Waals surface area (Å²) in [5, 5.41) is 3.44. The predicted molar refractivity (Wildman–Crippen MR) is 75.4 cm³/mol. The SMILES string of the molecule is Cc1cc(CNC(C)c2ccncc2)cc(C)c1F. The number of nitrogens with one attached hydrogen (secondary N) is 1.